The maximum Gasteiger partial charge on any atom is 0.322 e. The molecule has 2 aromatic heterocycles. The molecule has 2 amide bonds. The summed E-state index contributed by atoms with van der Waals surface area (Å²) in [7, 11) is 3.99. The number of hydrogen-bond acceptors (Lipinski definition) is 6. The molecule has 1 aromatic carbocycles. The van der Waals surface area contributed by atoms with E-state index in [4.69, 9.17) is 4.74 Å². The van der Waals surface area contributed by atoms with Gasteiger partial charge in [0.1, 0.15) is 0 Å². The lowest BCUT2D eigenvalue weighted by atomic mass is 10.1. The average molecular weight is 350 g/mol. The minimum Gasteiger partial charge on any atom is -0.454 e. The highest BCUT2D eigenvalue weighted by Gasteiger charge is 2.23. The first-order valence-corrected chi connectivity index (χ1v) is 8.17. The zero-order chi connectivity index (χ0) is 18.1. The summed E-state index contributed by atoms with van der Waals surface area (Å²) < 4.78 is 5.76. The number of benzene rings is 1. The smallest absolute Gasteiger partial charge is 0.322 e. The molecule has 0 unspecified atom stereocenters. The number of fused-ring (bicyclic) bond motifs is 1. The van der Waals surface area contributed by atoms with E-state index in [1.807, 2.05) is 49.3 Å². The van der Waals surface area contributed by atoms with Crippen LogP contribution in [0, 0.1) is 0 Å². The summed E-state index contributed by atoms with van der Waals surface area (Å²) in [5.74, 6) is 0.363. The van der Waals surface area contributed by atoms with Crippen molar-refractivity contribution in [1.29, 1.82) is 0 Å². The van der Waals surface area contributed by atoms with E-state index < -0.39 is 0 Å². The molecule has 0 radical (unpaired) electrons. The third-order valence-corrected chi connectivity index (χ3v) is 4.17. The molecule has 1 N–H and O–H groups in total. The summed E-state index contributed by atoms with van der Waals surface area (Å²) in [5, 5.41) is 2.64. The van der Waals surface area contributed by atoms with E-state index in [9.17, 15) is 4.79 Å². The van der Waals surface area contributed by atoms with Crippen molar-refractivity contribution < 1.29 is 9.53 Å². The third kappa shape index (κ3) is 2.97. The number of ether oxygens (including phenoxy) is 1. The third-order valence-electron chi connectivity index (χ3n) is 4.17. The molecule has 0 bridgehead atoms. The van der Waals surface area contributed by atoms with Gasteiger partial charge >= 0.3 is 6.03 Å². The van der Waals surface area contributed by atoms with Crippen molar-refractivity contribution in [1.82, 2.24) is 25.2 Å². The normalized spacial score (nSPS) is 13.3. The van der Waals surface area contributed by atoms with Gasteiger partial charge in [-0.05, 0) is 18.2 Å². The fourth-order valence-electron chi connectivity index (χ4n) is 2.62. The molecule has 0 aliphatic carbocycles. The molecule has 1 saturated heterocycles. The van der Waals surface area contributed by atoms with Gasteiger partial charge in [-0.25, -0.2) is 14.8 Å². The van der Waals surface area contributed by atoms with E-state index in [1.165, 1.54) is 4.90 Å². The molecule has 3 aromatic rings. The molecular formula is C18H18N6O2. The molecule has 3 heterocycles. The Morgan fingerprint density at radius 2 is 1.96 bits per heavy atom. The number of amides is 2. The molecule has 1 aliphatic rings. The van der Waals surface area contributed by atoms with Crippen LogP contribution in [0.2, 0.25) is 0 Å². The largest absolute Gasteiger partial charge is 0.454 e. The van der Waals surface area contributed by atoms with E-state index in [0.29, 0.717) is 23.6 Å². The summed E-state index contributed by atoms with van der Waals surface area (Å²) in [6, 6.07) is 9.80. The molecule has 0 spiro atoms. The Balaban J connectivity index is 1.69. The van der Waals surface area contributed by atoms with E-state index in [1.54, 1.807) is 12.4 Å². The number of nitrogens with zero attached hydrogens (tertiary/aromatic N) is 5. The van der Waals surface area contributed by atoms with E-state index >= 15 is 0 Å². The minimum absolute atomic E-state index is 0.119. The molecule has 132 valence electrons. The number of urea groups is 1. The number of carbonyl (C=O) groups excluding carboxylic acids is 1. The maximum absolute atomic E-state index is 11.4. The van der Waals surface area contributed by atoms with Gasteiger partial charge in [-0.2, -0.15) is 0 Å². The summed E-state index contributed by atoms with van der Waals surface area (Å²) in [6.07, 6.45) is 3.23. The lowest BCUT2D eigenvalue weighted by Gasteiger charge is -2.31. The van der Waals surface area contributed by atoms with E-state index in [0.717, 1.165) is 16.9 Å². The number of carbonyl (C=O) groups is 1. The molecule has 8 heteroatoms. The quantitative estimate of drug-likeness (QED) is 0.758. The Bertz CT molecular complexity index is 958. The van der Waals surface area contributed by atoms with Crippen LogP contribution in [0.1, 0.15) is 0 Å². The summed E-state index contributed by atoms with van der Waals surface area (Å²) in [6.45, 7) is 0.585. The van der Waals surface area contributed by atoms with Gasteiger partial charge < -0.3 is 15.0 Å². The molecular weight excluding hydrogens is 332 g/mol. The Kier molecular flexibility index (Phi) is 4.00. The van der Waals surface area contributed by atoms with Crippen LogP contribution in [0.25, 0.3) is 22.3 Å². The van der Waals surface area contributed by atoms with Crippen molar-refractivity contribution in [2.45, 2.75) is 0 Å². The van der Waals surface area contributed by atoms with Crippen LogP contribution in [0.3, 0.4) is 0 Å². The highest BCUT2D eigenvalue weighted by Crippen LogP contribution is 2.28. The molecule has 1 aliphatic heterocycles. The maximum atomic E-state index is 11.4. The number of hydrogen-bond donors (Lipinski definition) is 1. The van der Waals surface area contributed by atoms with Crippen LogP contribution in [0.4, 0.5) is 10.5 Å². The Hall–Kier alpha value is -3.42. The molecule has 0 atom stereocenters. The summed E-state index contributed by atoms with van der Waals surface area (Å²) in [5.41, 5.74) is 4.06. The molecule has 0 saturated carbocycles. The number of anilines is 1. The number of rotatable bonds is 5. The van der Waals surface area contributed by atoms with Crippen molar-refractivity contribution in [3.63, 3.8) is 0 Å². The van der Waals surface area contributed by atoms with Gasteiger partial charge in [0.25, 0.3) is 0 Å². The zero-order valence-corrected chi connectivity index (χ0v) is 14.5. The van der Waals surface area contributed by atoms with Crippen molar-refractivity contribution in [3.8, 4) is 17.1 Å². The van der Waals surface area contributed by atoms with Gasteiger partial charge in [-0.1, -0.05) is 12.1 Å². The number of nitrogens with one attached hydrogen (secondary N) is 1. The summed E-state index contributed by atoms with van der Waals surface area (Å²) >= 11 is 0. The van der Waals surface area contributed by atoms with Gasteiger partial charge in [-0.15, -0.1) is 0 Å². The number of aromatic nitrogens is 3. The van der Waals surface area contributed by atoms with E-state index in [2.05, 4.69) is 20.3 Å². The van der Waals surface area contributed by atoms with Crippen LogP contribution in [-0.2, 0) is 0 Å². The van der Waals surface area contributed by atoms with Crippen molar-refractivity contribution in [3.05, 3.63) is 42.7 Å². The first-order chi connectivity index (χ1) is 12.6. The topological polar surface area (TPSA) is 83.5 Å². The lowest BCUT2D eigenvalue weighted by molar-refractivity contribution is 0.0934. The van der Waals surface area contributed by atoms with E-state index in [-0.39, 0.29) is 12.8 Å². The van der Waals surface area contributed by atoms with Gasteiger partial charge in [0.05, 0.1) is 17.9 Å². The monoisotopic (exact) mass is 350 g/mol. The minimum atomic E-state index is -0.157. The van der Waals surface area contributed by atoms with Crippen molar-refractivity contribution in [2.75, 3.05) is 32.4 Å². The fourth-order valence-corrected chi connectivity index (χ4v) is 2.62. The van der Waals surface area contributed by atoms with Crippen molar-refractivity contribution >= 4 is 22.8 Å². The highest BCUT2D eigenvalue weighted by molar-refractivity contribution is 5.83. The van der Waals surface area contributed by atoms with Crippen LogP contribution in [0.5, 0.6) is 5.88 Å². The van der Waals surface area contributed by atoms with Gasteiger partial charge in [0, 0.05) is 37.7 Å². The van der Waals surface area contributed by atoms with Crippen LogP contribution in [-0.4, -0.2) is 53.4 Å². The van der Waals surface area contributed by atoms with Gasteiger partial charge in [0.2, 0.25) is 5.88 Å². The molecule has 1 fully saturated rings. The second-order valence-corrected chi connectivity index (χ2v) is 6.13. The van der Waals surface area contributed by atoms with Crippen LogP contribution >= 0.6 is 0 Å². The summed E-state index contributed by atoms with van der Waals surface area (Å²) in [4.78, 5) is 28.2. The predicted octanol–water partition coefficient (Wildman–Crippen LogP) is 2.08. The zero-order valence-electron chi connectivity index (χ0n) is 14.5. The SMILES string of the molecule is CN(C)c1ccc(-c2cc3nccnc3c(OCN3CNC3=O)n2)cc1. The Morgan fingerprint density at radius 3 is 2.62 bits per heavy atom. The predicted molar refractivity (Wildman–Crippen MR) is 97.8 cm³/mol. The molecule has 26 heavy (non-hydrogen) atoms. The van der Waals surface area contributed by atoms with Gasteiger partial charge in [0.15, 0.2) is 12.2 Å². The van der Waals surface area contributed by atoms with Crippen LogP contribution in [0.15, 0.2) is 42.7 Å². The van der Waals surface area contributed by atoms with Gasteiger partial charge in [-0.3, -0.25) is 9.88 Å². The number of pyridine rings is 1. The average Bonchev–Trinajstić information content (AvgIpc) is 2.66. The Labute approximate surface area is 150 Å². The molecule has 4 rings (SSSR count). The van der Waals surface area contributed by atoms with Crippen molar-refractivity contribution in [2.24, 2.45) is 0 Å². The lowest BCUT2D eigenvalue weighted by Crippen LogP contribution is -2.57. The second kappa shape index (κ2) is 6.47. The standard InChI is InChI=1S/C18H18N6O2/c1-23(2)13-5-3-12(4-6-13)14-9-15-16(20-8-7-19-15)17(22-14)26-11-24-10-21-18(24)25/h3-9H,10-11H2,1-2H3,(H,21,25). The molecule has 8 nitrogen and oxygen atoms in total. The first-order valence-electron chi connectivity index (χ1n) is 8.17. The first kappa shape index (κ1) is 16.1. The second-order valence-electron chi connectivity index (χ2n) is 6.13. The van der Waals surface area contributed by atoms with Crippen LogP contribution < -0.4 is 15.0 Å². The highest BCUT2D eigenvalue weighted by atomic mass is 16.5. The fraction of sp³-hybridized carbons (Fsp3) is 0.222. The Morgan fingerprint density at radius 1 is 1.19 bits per heavy atom.